The van der Waals surface area contributed by atoms with Gasteiger partial charge in [-0.25, -0.2) is 4.68 Å². The number of carbonyl (C=O) groups is 1. The number of halogens is 1. The van der Waals surface area contributed by atoms with Crippen LogP contribution < -0.4 is 14.8 Å². The van der Waals surface area contributed by atoms with E-state index in [1.165, 1.54) is 34.5 Å². The number of amides is 1. The zero-order chi connectivity index (χ0) is 27.4. The van der Waals surface area contributed by atoms with Crippen LogP contribution in [0.15, 0.2) is 72.9 Å². The van der Waals surface area contributed by atoms with Crippen LogP contribution in [-0.2, 0) is 12.1 Å². The standard InChI is InChI=1S/C28H27ClN4O5/c1-18-13-23(9-10-25(18)29)38-24-15-20(14-21(16-24)33(35)36)30-27(34)26-11-12-32(31-26)17-37-22-7-5-19(6-8-22)28(2,3)4/h5-16H,17H2,1-4H3,(H,30,34). The summed E-state index contributed by atoms with van der Waals surface area (Å²) in [5.41, 5.74) is 2.11. The summed E-state index contributed by atoms with van der Waals surface area (Å²) in [5.74, 6) is 0.788. The van der Waals surface area contributed by atoms with Gasteiger partial charge in [0.1, 0.15) is 17.2 Å². The molecule has 0 saturated carbocycles. The SMILES string of the molecule is Cc1cc(Oc2cc(NC(=O)c3ccn(COc4ccc(C(C)(C)C)cc4)n3)cc([N+](=O)[O-])c2)ccc1Cl. The number of non-ortho nitro benzene ring substituents is 1. The minimum Gasteiger partial charge on any atom is -0.471 e. The Hall–Kier alpha value is -4.37. The fourth-order valence-electron chi connectivity index (χ4n) is 3.58. The topological polar surface area (TPSA) is 109 Å². The molecule has 0 fully saturated rings. The Bertz CT molecular complexity index is 1480. The molecule has 0 atom stereocenters. The summed E-state index contributed by atoms with van der Waals surface area (Å²) in [6.45, 7) is 8.35. The quantitative estimate of drug-likeness (QED) is 0.190. The van der Waals surface area contributed by atoms with Gasteiger partial charge in [0.05, 0.1) is 16.7 Å². The highest BCUT2D eigenvalue weighted by atomic mass is 35.5. The first kappa shape index (κ1) is 26.7. The lowest BCUT2D eigenvalue weighted by Gasteiger charge is -2.19. The van der Waals surface area contributed by atoms with Gasteiger partial charge in [-0.2, -0.15) is 5.10 Å². The minimum atomic E-state index is -0.560. The summed E-state index contributed by atoms with van der Waals surface area (Å²) >= 11 is 6.06. The average Bonchev–Trinajstić information content (AvgIpc) is 3.34. The van der Waals surface area contributed by atoms with E-state index >= 15 is 0 Å². The number of nitrogens with zero attached hydrogens (tertiary/aromatic N) is 3. The Morgan fingerprint density at radius 2 is 1.74 bits per heavy atom. The molecule has 1 N–H and O–H groups in total. The second-order valence-corrected chi connectivity index (χ2v) is 10.1. The molecule has 4 aromatic rings. The predicted molar refractivity (Wildman–Crippen MR) is 145 cm³/mol. The molecule has 0 saturated heterocycles. The molecule has 1 amide bonds. The number of ether oxygens (including phenoxy) is 2. The first-order valence-corrected chi connectivity index (χ1v) is 12.2. The number of nitro groups is 1. The fourth-order valence-corrected chi connectivity index (χ4v) is 3.70. The summed E-state index contributed by atoms with van der Waals surface area (Å²) < 4.78 is 13.0. The lowest BCUT2D eigenvalue weighted by atomic mass is 9.87. The van der Waals surface area contributed by atoms with Gasteiger partial charge >= 0.3 is 0 Å². The summed E-state index contributed by atoms with van der Waals surface area (Å²) in [5, 5.41) is 18.9. The predicted octanol–water partition coefficient (Wildman–Crippen LogP) is 7.13. The van der Waals surface area contributed by atoms with E-state index in [-0.39, 0.29) is 35.0 Å². The molecule has 9 nitrogen and oxygen atoms in total. The van der Waals surface area contributed by atoms with Crippen molar-refractivity contribution in [1.82, 2.24) is 9.78 Å². The molecule has 196 valence electrons. The summed E-state index contributed by atoms with van der Waals surface area (Å²) in [4.78, 5) is 23.7. The Labute approximate surface area is 225 Å². The van der Waals surface area contributed by atoms with Gasteiger partial charge < -0.3 is 14.8 Å². The third-order valence-electron chi connectivity index (χ3n) is 5.68. The molecule has 0 radical (unpaired) electrons. The van der Waals surface area contributed by atoms with Crippen molar-refractivity contribution in [1.29, 1.82) is 0 Å². The van der Waals surface area contributed by atoms with Crippen molar-refractivity contribution >= 4 is 28.9 Å². The molecule has 10 heteroatoms. The zero-order valence-electron chi connectivity index (χ0n) is 21.4. The van der Waals surface area contributed by atoms with Crippen LogP contribution in [0.1, 0.15) is 42.4 Å². The summed E-state index contributed by atoms with van der Waals surface area (Å²) in [7, 11) is 0. The minimum absolute atomic E-state index is 0.0454. The molecule has 0 aliphatic heterocycles. The van der Waals surface area contributed by atoms with Gasteiger partial charge in [-0.3, -0.25) is 14.9 Å². The van der Waals surface area contributed by atoms with Crippen molar-refractivity contribution in [3.63, 3.8) is 0 Å². The zero-order valence-corrected chi connectivity index (χ0v) is 22.2. The molecule has 3 aromatic carbocycles. The van der Waals surface area contributed by atoms with Crippen molar-refractivity contribution in [3.8, 4) is 17.2 Å². The van der Waals surface area contributed by atoms with Gasteiger partial charge in [-0.05, 0) is 59.9 Å². The van der Waals surface area contributed by atoms with Crippen LogP contribution in [0.2, 0.25) is 5.02 Å². The first-order chi connectivity index (χ1) is 18.0. The van der Waals surface area contributed by atoms with Crippen LogP contribution in [-0.4, -0.2) is 20.6 Å². The molecule has 38 heavy (non-hydrogen) atoms. The van der Waals surface area contributed by atoms with E-state index in [1.54, 1.807) is 24.4 Å². The monoisotopic (exact) mass is 534 g/mol. The van der Waals surface area contributed by atoms with Crippen molar-refractivity contribution < 1.29 is 19.2 Å². The van der Waals surface area contributed by atoms with Gasteiger partial charge in [0.15, 0.2) is 12.4 Å². The second-order valence-electron chi connectivity index (χ2n) is 9.73. The number of rotatable bonds is 8. The Morgan fingerprint density at radius 3 is 2.39 bits per heavy atom. The molecule has 0 spiro atoms. The number of aryl methyl sites for hydroxylation is 1. The van der Waals surface area contributed by atoms with Crippen molar-refractivity contribution in [2.75, 3.05) is 5.32 Å². The maximum atomic E-state index is 12.8. The number of hydrogen-bond donors (Lipinski definition) is 1. The van der Waals surface area contributed by atoms with E-state index in [1.807, 2.05) is 31.2 Å². The highest BCUT2D eigenvalue weighted by Gasteiger charge is 2.16. The van der Waals surface area contributed by atoms with Gasteiger partial charge in [0.2, 0.25) is 0 Å². The van der Waals surface area contributed by atoms with Crippen LogP contribution >= 0.6 is 11.6 Å². The lowest BCUT2D eigenvalue weighted by Crippen LogP contribution is -2.14. The van der Waals surface area contributed by atoms with Crippen molar-refractivity contribution in [2.45, 2.75) is 39.8 Å². The number of benzene rings is 3. The van der Waals surface area contributed by atoms with E-state index in [9.17, 15) is 14.9 Å². The molecule has 1 aromatic heterocycles. The summed E-state index contributed by atoms with van der Waals surface area (Å²) in [6.07, 6.45) is 1.61. The van der Waals surface area contributed by atoms with Gasteiger partial charge in [0, 0.05) is 23.4 Å². The summed E-state index contributed by atoms with van der Waals surface area (Å²) in [6, 6.07) is 18.4. The highest BCUT2D eigenvalue weighted by molar-refractivity contribution is 6.31. The van der Waals surface area contributed by atoms with E-state index < -0.39 is 10.8 Å². The molecular formula is C28H27ClN4O5. The number of aromatic nitrogens is 2. The van der Waals surface area contributed by atoms with Crippen LogP contribution in [0.25, 0.3) is 0 Å². The third-order valence-corrected chi connectivity index (χ3v) is 6.11. The lowest BCUT2D eigenvalue weighted by molar-refractivity contribution is -0.384. The molecule has 1 heterocycles. The number of carbonyl (C=O) groups excluding carboxylic acids is 1. The molecule has 0 bridgehead atoms. The Morgan fingerprint density at radius 1 is 1.03 bits per heavy atom. The van der Waals surface area contributed by atoms with Crippen LogP contribution in [0.5, 0.6) is 17.2 Å². The van der Waals surface area contributed by atoms with Gasteiger partial charge in [0.25, 0.3) is 11.6 Å². The fraction of sp³-hybridized carbons (Fsp3) is 0.214. The molecular weight excluding hydrogens is 508 g/mol. The largest absolute Gasteiger partial charge is 0.471 e. The molecule has 0 aliphatic rings. The van der Waals surface area contributed by atoms with Crippen molar-refractivity contribution in [2.24, 2.45) is 0 Å². The number of hydrogen-bond acceptors (Lipinski definition) is 6. The Balaban J connectivity index is 1.43. The molecule has 0 unspecified atom stereocenters. The molecule has 0 aliphatic carbocycles. The maximum absolute atomic E-state index is 12.8. The van der Waals surface area contributed by atoms with E-state index in [2.05, 4.69) is 31.2 Å². The van der Waals surface area contributed by atoms with Crippen LogP contribution in [0.3, 0.4) is 0 Å². The van der Waals surface area contributed by atoms with Crippen molar-refractivity contribution in [3.05, 3.63) is 105 Å². The van der Waals surface area contributed by atoms with Gasteiger partial charge in [-0.15, -0.1) is 0 Å². The van der Waals surface area contributed by atoms with E-state index in [0.29, 0.717) is 16.5 Å². The van der Waals surface area contributed by atoms with E-state index in [4.69, 9.17) is 21.1 Å². The van der Waals surface area contributed by atoms with Crippen LogP contribution in [0, 0.1) is 17.0 Å². The highest BCUT2D eigenvalue weighted by Crippen LogP contribution is 2.31. The normalized spacial score (nSPS) is 11.2. The van der Waals surface area contributed by atoms with Crippen LogP contribution in [0.4, 0.5) is 11.4 Å². The van der Waals surface area contributed by atoms with E-state index in [0.717, 1.165) is 5.56 Å². The number of nitrogens with one attached hydrogen (secondary N) is 1. The third kappa shape index (κ3) is 6.68. The molecule has 4 rings (SSSR count). The average molecular weight is 535 g/mol. The van der Waals surface area contributed by atoms with Gasteiger partial charge in [-0.1, -0.05) is 44.5 Å². The first-order valence-electron chi connectivity index (χ1n) is 11.8. The number of anilines is 1. The smallest absolute Gasteiger partial charge is 0.276 e. The Kier molecular flexibility index (Phi) is 7.68. The second kappa shape index (κ2) is 10.9. The maximum Gasteiger partial charge on any atom is 0.276 e. The number of nitro benzene ring substituents is 1.